The summed E-state index contributed by atoms with van der Waals surface area (Å²) < 4.78 is 11.6. The standard InChI is InChI=1S/C18H27NO2/c1-20-17-6-3-7-18(11-17)21-13-15-5-2-4-14(10-15)12-19-16-8-9-16/h2,4-5,10,16-19H,3,6-9,11-13H2,1H3. The molecule has 0 bridgehead atoms. The Hall–Kier alpha value is -0.900. The first-order valence-corrected chi connectivity index (χ1v) is 8.29. The second-order valence-corrected chi connectivity index (χ2v) is 6.43. The molecule has 1 N–H and O–H groups in total. The first-order chi connectivity index (χ1) is 10.3. The molecular formula is C18H27NO2. The molecule has 2 aliphatic carbocycles. The number of ether oxygens (including phenoxy) is 2. The molecule has 2 fully saturated rings. The van der Waals surface area contributed by atoms with Crippen LogP contribution >= 0.6 is 0 Å². The van der Waals surface area contributed by atoms with Crippen molar-refractivity contribution in [1.82, 2.24) is 5.32 Å². The maximum atomic E-state index is 6.09. The summed E-state index contributed by atoms with van der Waals surface area (Å²) in [5, 5.41) is 3.56. The smallest absolute Gasteiger partial charge is 0.0720 e. The lowest BCUT2D eigenvalue weighted by atomic mass is 9.95. The predicted octanol–water partition coefficient (Wildman–Crippen LogP) is 3.41. The second kappa shape index (κ2) is 7.39. The lowest BCUT2D eigenvalue weighted by Crippen LogP contribution is -2.27. The Morgan fingerprint density at radius 3 is 2.71 bits per heavy atom. The molecular weight excluding hydrogens is 262 g/mol. The summed E-state index contributed by atoms with van der Waals surface area (Å²) in [5.41, 5.74) is 2.64. The molecule has 2 saturated carbocycles. The Kier molecular flexibility index (Phi) is 5.28. The molecule has 0 heterocycles. The molecule has 1 aromatic carbocycles. The van der Waals surface area contributed by atoms with E-state index in [1.165, 1.54) is 43.2 Å². The SMILES string of the molecule is COC1CCCC(OCc2cccc(CNC3CC3)c2)C1. The number of rotatable bonds is 7. The lowest BCUT2D eigenvalue weighted by molar-refractivity contribution is -0.0363. The van der Waals surface area contributed by atoms with Crippen LogP contribution in [0.15, 0.2) is 24.3 Å². The minimum absolute atomic E-state index is 0.358. The van der Waals surface area contributed by atoms with Gasteiger partial charge in [-0.15, -0.1) is 0 Å². The molecule has 0 saturated heterocycles. The molecule has 2 unspecified atom stereocenters. The van der Waals surface area contributed by atoms with Crippen LogP contribution in [0.3, 0.4) is 0 Å². The molecule has 3 heteroatoms. The summed E-state index contributed by atoms with van der Waals surface area (Å²) in [7, 11) is 1.81. The van der Waals surface area contributed by atoms with Crippen LogP contribution in [0.25, 0.3) is 0 Å². The van der Waals surface area contributed by atoms with Gasteiger partial charge in [-0.3, -0.25) is 0 Å². The van der Waals surface area contributed by atoms with Crippen LogP contribution in [0.4, 0.5) is 0 Å². The molecule has 0 aliphatic heterocycles. The Morgan fingerprint density at radius 2 is 1.90 bits per heavy atom. The minimum Gasteiger partial charge on any atom is -0.381 e. The molecule has 21 heavy (non-hydrogen) atoms. The van der Waals surface area contributed by atoms with Crippen LogP contribution in [0.2, 0.25) is 0 Å². The normalized spacial score (nSPS) is 26.0. The maximum absolute atomic E-state index is 6.09. The van der Waals surface area contributed by atoms with Crippen LogP contribution in [0, 0.1) is 0 Å². The quantitative estimate of drug-likeness (QED) is 0.834. The van der Waals surface area contributed by atoms with Crippen LogP contribution in [0.1, 0.15) is 49.7 Å². The summed E-state index contributed by atoms with van der Waals surface area (Å²) in [6.45, 7) is 1.70. The largest absolute Gasteiger partial charge is 0.381 e. The van der Waals surface area contributed by atoms with Gasteiger partial charge in [0.2, 0.25) is 0 Å². The van der Waals surface area contributed by atoms with Crippen molar-refractivity contribution in [2.24, 2.45) is 0 Å². The first-order valence-electron chi connectivity index (χ1n) is 8.29. The number of methoxy groups -OCH3 is 1. The highest BCUT2D eigenvalue weighted by molar-refractivity contribution is 5.23. The van der Waals surface area contributed by atoms with Gasteiger partial charge in [0.15, 0.2) is 0 Å². The average molecular weight is 289 g/mol. The van der Waals surface area contributed by atoms with E-state index in [9.17, 15) is 0 Å². The Labute approximate surface area is 128 Å². The van der Waals surface area contributed by atoms with E-state index in [2.05, 4.69) is 29.6 Å². The molecule has 116 valence electrons. The Morgan fingerprint density at radius 1 is 1.10 bits per heavy atom. The molecule has 2 aliphatic rings. The van der Waals surface area contributed by atoms with E-state index in [-0.39, 0.29) is 0 Å². The third-order valence-corrected chi connectivity index (χ3v) is 4.56. The molecule has 0 amide bonds. The summed E-state index contributed by atoms with van der Waals surface area (Å²) in [6.07, 6.45) is 8.03. The highest BCUT2D eigenvalue weighted by Gasteiger charge is 2.22. The molecule has 3 nitrogen and oxygen atoms in total. The third kappa shape index (κ3) is 4.80. The zero-order valence-corrected chi connectivity index (χ0v) is 13.0. The highest BCUT2D eigenvalue weighted by Crippen LogP contribution is 2.24. The minimum atomic E-state index is 0.358. The predicted molar refractivity (Wildman–Crippen MR) is 84.1 cm³/mol. The topological polar surface area (TPSA) is 30.5 Å². The van der Waals surface area contributed by atoms with Crippen molar-refractivity contribution in [2.45, 2.75) is 69.9 Å². The molecule has 0 radical (unpaired) electrons. The Balaban J connectivity index is 1.46. The van der Waals surface area contributed by atoms with Crippen LogP contribution in [0.5, 0.6) is 0 Å². The number of hydrogen-bond donors (Lipinski definition) is 1. The van der Waals surface area contributed by atoms with Gasteiger partial charge >= 0.3 is 0 Å². The van der Waals surface area contributed by atoms with Gasteiger partial charge in [0.1, 0.15) is 0 Å². The summed E-state index contributed by atoms with van der Waals surface area (Å²) >= 11 is 0. The van der Waals surface area contributed by atoms with E-state index in [4.69, 9.17) is 9.47 Å². The van der Waals surface area contributed by atoms with Crippen molar-refractivity contribution in [3.63, 3.8) is 0 Å². The maximum Gasteiger partial charge on any atom is 0.0720 e. The fourth-order valence-corrected chi connectivity index (χ4v) is 3.06. The van der Waals surface area contributed by atoms with E-state index in [1.807, 2.05) is 7.11 Å². The van der Waals surface area contributed by atoms with Crippen molar-refractivity contribution in [3.8, 4) is 0 Å². The van der Waals surface area contributed by atoms with Gasteiger partial charge in [-0.1, -0.05) is 24.3 Å². The molecule has 3 rings (SSSR count). The average Bonchev–Trinajstić information content (AvgIpc) is 3.36. The summed E-state index contributed by atoms with van der Waals surface area (Å²) in [4.78, 5) is 0. The fourth-order valence-electron chi connectivity index (χ4n) is 3.06. The molecule has 1 aromatic rings. The van der Waals surface area contributed by atoms with Gasteiger partial charge in [0.05, 0.1) is 18.8 Å². The molecule has 0 aromatic heterocycles. The van der Waals surface area contributed by atoms with E-state index >= 15 is 0 Å². The number of nitrogens with one attached hydrogen (secondary N) is 1. The van der Waals surface area contributed by atoms with E-state index in [0.29, 0.717) is 12.2 Å². The van der Waals surface area contributed by atoms with Gasteiger partial charge < -0.3 is 14.8 Å². The van der Waals surface area contributed by atoms with Crippen molar-refractivity contribution >= 4 is 0 Å². The lowest BCUT2D eigenvalue weighted by Gasteiger charge is -2.28. The van der Waals surface area contributed by atoms with Crippen molar-refractivity contribution in [1.29, 1.82) is 0 Å². The zero-order chi connectivity index (χ0) is 14.5. The van der Waals surface area contributed by atoms with E-state index in [0.717, 1.165) is 25.6 Å². The first kappa shape index (κ1) is 15.0. The number of hydrogen-bond acceptors (Lipinski definition) is 3. The van der Waals surface area contributed by atoms with Crippen LogP contribution < -0.4 is 5.32 Å². The van der Waals surface area contributed by atoms with Gasteiger partial charge in [-0.2, -0.15) is 0 Å². The van der Waals surface area contributed by atoms with E-state index < -0.39 is 0 Å². The number of benzene rings is 1. The highest BCUT2D eigenvalue weighted by atomic mass is 16.5. The zero-order valence-electron chi connectivity index (χ0n) is 13.0. The van der Waals surface area contributed by atoms with Gasteiger partial charge in [0.25, 0.3) is 0 Å². The Bertz CT molecular complexity index is 445. The van der Waals surface area contributed by atoms with Crippen LogP contribution in [-0.4, -0.2) is 25.4 Å². The molecule has 0 spiro atoms. The van der Waals surface area contributed by atoms with Gasteiger partial charge in [0, 0.05) is 19.7 Å². The second-order valence-electron chi connectivity index (χ2n) is 6.43. The van der Waals surface area contributed by atoms with Crippen LogP contribution in [-0.2, 0) is 22.6 Å². The van der Waals surface area contributed by atoms with Crippen molar-refractivity contribution in [2.75, 3.05) is 7.11 Å². The fraction of sp³-hybridized carbons (Fsp3) is 0.667. The van der Waals surface area contributed by atoms with Gasteiger partial charge in [-0.05, 0) is 49.7 Å². The summed E-state index contributed by atoms with van der Waals surface area (Å²) in [6, 6.07) is 9.53. The van der Waals surface area contributed by atoms with Crippen molar-refractivity contribution < 1.29 is 9.47 Å². The van der Waals surface area contributed by atoms with Crippen molar-refractivity contribution in [3.05, 3.63) is 35.4 Å². The monoisotopic (exact) mass is 289 g/mol. The summed E-state index contributed by atoms with van der Waals surface area (Å²) in [5.74, 6) is 0. The molecule has 2 atom stereocenters. The van der Waals surface area contributed by atoms with Gasteiger partial charge in [-0.25, -0.2) is 0 Å². The third-order valence-electron chi connectivity index (χ3n) is 4.56. The van der Waals surface area contributed by atoms with E-state index in [1.54, 1.807) is 0 Å².